The topological polar surface area (TPSA) is 32.6 Å². The molecule has 0 radical (unpaired) electrons. The number of imidazole rings is 1. The Bertz CT molecular complexity index is 800. The van der Waals surface area contributed by atoms with Crippen LogP contribution in [0.1, 0.15) is 25.8 Å². The summed E-state index contributed by atoms with van der Waals surface area (Å²) in [7, 11) is 0. The largest absolute Gasteiger partial charge is 0.385 e. The van der Waals surface area contributed by atoms with Crippen LogP contribution in [0.3, 0.4) is 0 Å². The molecule has 0 aliphatic heterocycles. The van der Waals surface area contributed by atoms with E-state index in [9.17, 15) is 0 Å². The molecule has 0 saturated heterocycles. The lowest BCUT2D eigenvalue weighted by atomic mass is 10.1. The zero-order valence-electron chi connectivity index (χ0n) is 15.5. The number of pyridine rings is 1. The smallest absolute Gasteiger partial charge is 0.140 e. The summed E-state index contributed by atoms with van der Waals surface area (Å²) in [6.45, 7) is 10.9. The van der Waals surface area contributed by atoms with Crippen molar-refractivity contribution in [3.8, 4) is 11.3 Å². The first kappa shape index (κ1) is 17.5. The first-order valence-electron chi connectivity index (χ1n) is 9.22. The van der Waals surface area contributed by atoms with Crippen molar-refractivity contribution in [2.45, 2.75) is 27.2 Å². The molecule has 0 fully saturated rings. The minimum Gasteiger partial charge on any atom is -0.385 e. The summed E-state index contributed by atoms with van der Waals surface area (Å²) >= 11 is 0. The fraction of sp³-hybridized carbons (Fsp3) is 0.381. The van der Waals surface area contributed by atoms with E-state index in [0.29, 0.717) is 0 Å². The highest BCUT2D eigenvalue weighted by molar-refractivity contribution is 5.66. The quantitative estimate of drug-likeness (QED) is 0.617. The van der Waals surface area contributed by atoms with Crippen LogP contribution in [0.25, 0.3) is 16.9 Å². The van der Waals surface area contributed by atoms with Gasteiger partial charge in [-0.3, -0.25) is 0 Å². The normalized spacial score (nSPS) is 11.4. The van der Waals surface area contributed by atoms with Gasteiger partial charge >= 0.3 is 0 Å². The molecule has 0 amide bonds. The SMILES string of the molecule is CCN(CC)CCCNc1ccc(-c2cn3cccc(C)c3n2)cc1. The van der Waals surface area contributed by atoms with E-state index in [1.54, 1.807) is 0 Å². The molecule has 25 heavy (non-hydrogen) atoms. The van der Waals surface area contributed by atoms with Gasteiger partial charge in [-0.05, 0) is 56.7 Å². The maximum atomic E-state index is 4.76. The molecule has 0 aliphatic rings. The Morgan fingerprint density at radius 3 is 2.52 bits per heavy atom. The number of rotatable bonds is 8. The van der Waals surface area contributed by atoms with Crippen LogP contribution in [0, 0.1) is 6.92 Å². The van der Waals surface area contributed by atoms with Crippen molar-refractivity contribution in [2.24, 2.45) is 0 Å². The van der Waals surface area contributed by atoms with Crippen molar-refractivity contribution >= 4 is 11.3 Å². The number of nitrogens with zero attached hydrogens (tertiary/aromatic N) is 3. The van der Waals surface area contributed by atoms with Crippen molar-refractivity contribution in [3.63, 3.8) is 0 Å². The van der Waals surface area contributed by atoms with Crippen molar-refractivity contribution in [1.82, 2.24) is 14.3 Å². The third-order valence-electron chi connectivity index (χ3n) is 4.73. The molecular weight excluding hydrogens is 308 g/mol. The van der Waals surface area contributed by atoms with Gasteiger partial charge in [-0.25, -0.2) is 4.98 Å². The highest BCUT2D eigenvalue weighted by Crippen LogP contribution is 2.22. The van der Waals surface area contributed by atoms with E-state index in [2.05, 4.69) is 78.0 Å². The molecule has 0 spiro atoms. The van der Waals surface area contributed by atoms with Gasteiger partial charge in [-0.2, -0.15) is 0 Å². The Balaban J connectivity index is 1.61. The van der Waals surface area contributed by atoms with Gasteiger partial charge in [-0.1, -0.05) is 32.0 Å². The van der Waals surface area contributed by atoms with Gasteiger partial charge in [0.05, 0.1) is 5.69 Å². The van der Waals surface area contributed by atoms with Gasteiger partial charge in [0.1, 0.15) is 5.65 Å². The second kappa shape index (κ2) is 8.17. The molecule has 1 aromatic carbocycles. The van der Waals surface area contributed by atoms with Gasteiger partial charge in [0.15, 0.2) is 0 Å². The third-order valence-corrected chi connectivity index (χ3v) is 4.73. The van der Waals surface area contributed by atoms with Crippen LogP contribution in [0.2, 0.25) is 0 Å². The van der Waals surface area contributed by atoms with Crippen LogP contribution < -0.4 is 5.32 Å². The summed E-state index contributed by atoms with van der Waals surface area (Å²) in [5.74, 6) is 0. The average Bonchev–Trinajstić information content (AvgIpc) is 3.08. The second-order valence-electron chi connectivity index (χ2n) is 6.43. The zero-order chi connectivity index (χ0) is 17.6. The molecule has 4 nitrogen and oxygen atoms in total. The summed E-state index contributed by atoms with van der Waals surface area (Å²) in [6.07, 6.45) is 5.30. The van der Waals surface area contributed by atoms with Gasteiger partial charge < -0.3 is 14.6 Å². The highest BCUT2D eigenvalue weighted by atomic mass is 15.1. The number of nitrogens with one attached hydrogen (secondary N) is 1. The molecule has 0 saturated carbocycles. The van der Waals surface area contributed by atoms with E-state index in [1.807, 2.05) is 6.20 Å². The Morgan fingerprint density at radius 2 is 1.84 bits per heavy atom. The summed E-state index contributed by atoms with van der Waals surface area (Å²) in [5, 5.41) is 3.51. The molecule has 4 heteroatoms. The van der Waals surface area contributed by atoms with Gasteiger partial charge in [0.2, 0.25) is 0 Å². The predicted molar refractivity (Wildman–Crippen MR) is 106 cm³/mol. The van der Waals surface area contributed by atoms with Crippen molar-refractivity contribution < 1.29 is 0 Å². The average molecular weight is 336 g/mol. The number of hydrogen-bond donors (Lipinski definition) is 1. The maximum Gasteiger partial charge on any atom is 0.140 e. The molecular formula is C21H28N4. The van der Waals surface area contributed by atoms with Crippen molar-refractivity contribution in [2.75, 3.05) is 31.5 Å². The lowest BCUT2D eigenvalue weighted by Crippen LogP contribution is -2.25. The molecule has 3 aromatic rings. The van der Waals surface area contributed by atoms with Crippen LogP contribution in [-0.4, -0.2) is 40.5 Å². The summed E-state index contributed by atoms with van der Waals surface area (Å²) in [4.78, 5) is 7.22. The maximum absolute atomic E-state index is 4.76. The highest BCUT2D eigenvalue weighted by Gasteiger charge is 2.06. The number of hydrogen-bond acceptors (Lipinski definition) is 3. The van der Waals surface area contributed by atoms with E-state index in [4.69, 9.17) is 4.98 Å². The fourth-order valence-electron chi connectivity index (χ4n) is 3.13. The van der Waals surface area contributed by atoms with E-state index in [-0.39, 0.29) is 0 Å². The van der Waals surface area contributed by atoms with E-state index < -0.39 is 0 Å². The zero-order valence-corrected chi connectivity index (χ0v) is 15.5. The summed E-state index contributed by atoms with van der Waals surface area (Å²) in [5.41, 5.74) is 5.55. The lowest BCUT2D eigenvalue weighted by molar-refractivity contribution is 0.303. The summed E-state index contributed by atoms with van der Waals surface area (Å²) in [6, 6.07) is 12.7. The third kappa shape index (κ3) is 4.20. The molecule has 0 aliphatic carbocycles. The molecule has 2 heterocycles. The first-order chi connectivity index (χ1) is 12.2. The Morgan fingerprint density at radius 1 is 1.08 bits per heavy atom. The molecule has 0 atom stereocenters. The van der Waals surface area contributed by atoms with Crippen LogP contribution >= 0.6 is 0 Å². The standard InChI is InChI=1S/C21H28N4/c1-4-24(5-2)14-7-13-22-19-11-9-18(10-12-19)20-16-25-15-6-8-17(3)21(25)23-20/h6,8-12,15-16,22H,4-5,7,13-14H2,1-3H3. The Hall–Kier alpha value is -2.33. The molecule has 3 rings (SSSR count). The van der Waals surface area contributed by atoms with Gasteiger partial charge in [0, 0.05) is 30.2 Å². The van der Waals surface area contributed by atoms with Gasteiger partial charge in [-0.15, -0.1) is 0 Å². The van der Waals surface area contributed by atoms with Crippen LogP contribution in [-0.2, 0) is 0 Å². The van der Waals surface area contributed by atoms with Crippen molar-refractivity contribution in [3.05, 3.63) is 54.4 Å². The Labute approximate surface area is 150 Å². The van der Waals surface area contributed by atoms with Crippen LogP contribution in [0.4, 0.5) is 5.69 Å². The minimum absolute atomic E-state index is 1.00. The molecule has 1 N–H and O–H groups in total. The number of benzene rings is 1. The Kier molecular flexibility index (Phi) is 5.71. The van der Waals surface area contributed by atoms with E-state index in [0.717, 1.165) is 49.5 Å². The van der Waals surface area contributed by atoms with Crippen molar-refractivity contribution in [1.29, 1.82) is 0 Å². The molecule has 0 bridgehead atoms. The van der Waals surface area contributed by atoms with Crippen LogP contribution in [0.5, 0.6) is 0 Å². The van der Waals surface area contributed by atoms with E-state index >= 15 is 0 Å². The number of aromatic nitrogens is 2. The number of fused-ring (bicyclic) bond motifs is 1. The van der Waals surface area contributed by atoms with Gasteiger partial charge in [0.25, 0.3) is 0 Å². The molecule has 2 aromatic heterocycles. The first-order valence-corrected chi connectivity index (χ1v) is 9.22. The predicted octanol–water partition coefficient (Wildman–Crippen LogP) is 4.45. The minimum atomic E-state index is 1.00. The summed E-state index contributed by atoms with van der Waals surface area (Å²) < 4.78 is 2.09. The molecule has 132 valence electrons. The second-order valence-corrected chi connectivity index (χ2v) is 6.43. The lowest BCUT2D eigenvalue weighted by Gasteiger charge is -2.17. The number of anilines is 1. The fourth-order valence-corrected chi connectivity index (χ4v) is 3.13. The van der Waals surface area contributed by atoms with E-state index in [1.165, 1.54) is 11.3 Å². The molecule has 0 unspecified atom stereocenters. The number of aryl methyl sites for hydroxylation is 1. The van der Waals surface area contributed by atoms with Crippen LogP contribution in [0.15, 0.2) is 48.8 Å². The monoisotopic (exact) mass is 336 g/mol.